The lowest BCUT2D eigenvalue weighted by molar-refractivity contribution is 0.0322. The molecule has 3 rings (SSSR count). The normalized spacial score (nSPS) is 15.4. The van der Waals surface area contributed by atoms with Gasteiger partial charge in [0, 0.05) is 39.8 Å². The van der Waals surface area contributed by atoms with Crippen molar-refractivity contribution in [3.63, 3.8) is 0 Å². The lowest BCUT2D eigenvalue weighted by Crippen LogP contribution is -2.38. The van der Waals surface area contributed by atoms with Crippen molar-refractivity contribution in [1.82, 2.24) is 25.2 Å². The maximum atomic E-state index is 6.34. The third kappa shape index (κ3) is 5.40. The number of hydrogen-bond acceptors (Lipinski definition) is 6. The average molecular weight is 366 g/mol. The van der Waals surface area contributed by atoms with Crippen molar-refractivity contribution >= 4 is 11.6 Å². The Morgan fingerprint density at radius 3 is 2.84 bits per heavy atom. The summed E-state index contributed by atoms with van der Waals surface area (Å²) in [5.74, 6) is 0.731. The molecule has 136 valence electrons. The molecule has 0 aliphatic carbocycles. The van der Waals surface area contributed by atoms with Crippen LogP contribution in [0.5, 0.6) is 5.75 Å². The van der Waals surface area contributed by atoms with E-state index in [0.717, 1.165) is 56.4 Å². The predicted octanol–water partition coefficient (Wildman–Crippen LogP) is 1.47. The molecular formula is C17H24ClN5O2. The Kier molecular flexibility index (Phi) is 6.63. The molecule has 0 bridgehead atoms. The number of hydrogen-bond donors (Lipinski definition) is 1. The van der Waals surface area contributed by atoms with E-state index in [0.29, 0.717) is 18.2 Å². The maximum absolute atomic E-state index is 6.34. The maximum Gasteiger partial charge on any atom is 0.137 e. The summed E-state index contributed by atoms with van der Waals surface area (Å²) in [6, 6.07) is 5.91. The quantitative estimate of drug-likeness (QED) is 0.764. The molecule has 0 atom stereocenters. The molecule has 2 aromatic rings. The molecule has 1 fully saturated rings. The molecular weight excluding hydrogens is 342 g/mol. The summed E-state index contributed by atoms with van der Waals surface area (Å²) >= 11 is 6.34. The van der Waals surface area contributed by atoms with Crippen molar-refractivity contribution in [2.75, 3.05) is 39.5 Å². The number of aromatic nitrogens is 3. The van der Waals surface area contributed by atoms with Crippen LogP contribution in [-0.4, -0.2) is 59.3 Å². The Morgan fingerprint density at radius 2 is 2.12 bits per heavy atom. The summed E-state index contributed by atoms with van der Waals surface area (Å²) in [4.78, 5) is 2.34. The van der Waals surface area contributed by atoms with Crippen LogP contribution in [0.25, 0.3) is 0 Å². The number of nitrogens with one attached hydrogen (secondary N) is 1. The zero-order valence-corrected chi connectivity index (χ0v) is 15.2. The van der Waals surface area contributed by atoms with E-state index in [2.05, 4.69) is 20.5 Å². The lowest BCUT2D eigenvalue weighted by atomic mass is 10.2. The predicted molar refractivity (Wildman–Crippen MR) is 95.8 cm³/mol. The molecule has 1 aliphatic heterocycles. The Labute approximate surface area is 152 Å². The van der Waals surface area contributed by atoms with Crippen molar-refractivity contribution in [3.05, 3.63) is 40.7 Å². The summed E-state index contributed by atoms with van der Waals surface area (Å²) in [7, 11) is 1.88. The topological polar surface area (TPSA) is 64.4 Å². The second-order valence-electron chi connectivity index (χ2n) is 6.02. The van der Waals surface area contributed by atoms with Crippen LogP contribution in [0.15, 0.2) is 24.4 Å². The summed E-state index contributed by atoms with van der Waals surface area (Å²) in [6.45, 7) is 6.49. The summed E-state index contributed by atoms with van der Waals surface area (Å²) in [5.41, 5.74) is 2.15. The molecule has 25 heavy (non-hydrogen) atoms. The molecule has 1 saturated heterocycles. The van der Waals surface area contributed by atoms with Gasteiger partial charge in [0.25, 0.3) is 0 Å². The third-order valence-corrected chi connectivity index (χ3v) is 4.50. The van der Waals surface area contributed by atoms with E-state index in [1.54, 1.807) is 10.9 Å². The number of benzene rings is 1. The average Bonchev–Trinajstić information content (AvgIpc) is 3.03. The number of halogens is 1. The molecule has 1 aromatic heterocycles. The highest BCUT2D eigenvalue weighted by molar-refractivity contribution is 6.32. The van der Waals surface area contributed by atoms with Gasteiger partial charge in [0.1, 0.15) is 12.4 Å². The van der Waals surface area contributed by atoms with Crippen molar-refractivity contribution in [2.45, 2.75) is 13.1 Å². The SMILES string of the molecule is Cn1nncc1CNCc1ccc(OCCN2CCOCC2)c(Cl)c1. The molecule has 0 unspecified atom stereocenters. The second kappa shape index (κ2) is 9.15. The Bertz CT molecular complexity index is 673. The molecule has 2 heterocycles. The van der Waals surface area contributed by atoms with Gasteiger partial charge in [0.2, 0.25) is 0 Å². The van der Waals surface area contributed by atoms with Crippen molar-refractivity contribution in [1.29, 1.82) is 0 Å². The first-order valence-electron chi connectivity index (χ1n) is 8.48. The zero-order valence-electron chi connectivity index (χ0n) is 14.4. The van der Waals surface area contributed by atoms with Crippen molar-refractivity contribution in [3.8, 4) is 5.75 Å². The monoisotopic (exact) mass is 365 g/mol. The van der Waals surface area contributed by atoms with Crippen LogP contribution < -0.4 is 10.1 Å². The van der Waals surface area contributed by atoms with Crippen LogP contribution in [-0.2, 0) is 24.9 Å². The van der Waals surface area contributed by atoms with Crippen molar-refractivity contribution in [2.24, 2.45) is 7.05 Å². The van der Waals surface area contributed by atoms with Crippen LogP contribution >= 0.6 is 11.6 Å². The van der Waals surface area contributed by atoms with E-state index >= 15 is 0 Å². The Balaban J connectivity index is 1.42. The Hall–Kier alpha value is -1.67. The van der Waals surface area contributed by atoms with Crippen LogP contribution in [0.1, 0.15) is 11.3 Å². The van der Waals surface area contributed by atoms with Gasteiger partial charge in [-0.25, -0.2) is 0 Å². The van der Waals surface area contributed by atoms with E-state index < -0.39 is 0 Å². The first-order chi connectivity index (χ1) is 12.2. The number of nitrogens with zero attached hydrogens (tertiary/aromatic N) is 4. The highest BCUT2D eigenvalue weighted by Crippen LogP contribution is 2.25. The number of aryl methyl sites for hydroxylation is 1. The van der Waals surface area contributed by atoms with E-state index in [1.807, 2.05) is 25.2 Å². The second-order valence-corrected chi connectivity index (χ2v) is 6.43. The van der Waals surface area contributed by atoms with Gasteiger partial charge in [-0.3, -0.25) is 9.58 Å². The van der Waals surface area contributed by atoms with Gasteiger partial charge in [-0.05, 0) is 17.7 Å². The molecule has 1 N–H and O–H groups in total. The minimum atomic E-state index is 0.630. The van der Waals surface area contributed by atoms with Crippen LogP contribution in [0.3, 0.4) is 0 Å². The van der Waals surface area contributed by atoms with Crippen LogP contribution in [0, 0.1) is 0 Å². The summed E-state index contributed by atoms with van der Waals surface area (Å²) < 4.78 is 12.9. The van der Waals surface area contributed by atoms with Crippen LogP contribution in [0.2, 0.25) is 5.02 Å². The van der Waals surface area contributed by atoms with E-state index in [9.17, 15) is 0 Å². The van der Waals surface area contributed by atoms with E-state index in [1.165, 1.54) is 0 Å². The van der Waals surface area contributed by atoms with Gasteiger partial charge in [0.05, 0.1) is 30.1 Å². The largest absolute Gasteiger partial charge is 0.491 e. The molecule has 7 nitrogen and oxygen atoms in total. The number of rotatable bonds is 8. The van der Waals surface area contributed by atoms with Gasteiger partial charge in [0.15, 0.2) is 0 Å². The van der Waals surface area contributed by atoms with Gasteiger partial charge in [-0.15, -0.1) is 5.10 Å². The number of ether oxygens (including phenoxy) is 2. The van der Waals surface area contributed by atoms with E-state index in [-0.39, 0.29) is 0 Å². The zero-order chi connectivity index (χ0) is 17.5. The fourth-order valence-electron chi connectivity index (χ4n) is 2.69. The minimum Gasteiger partial charge on any atom is -0.491 e. The lowest BCUT2D eigenvalue weighted by Gasteiger charge is -2.26. The van der Waals surface area contributed by atoms with Gasteiger partial charge < -0.3 is 14.8 Å². The van der Waals surface area contributed by atoms with Crippen LogP contribution in [0.4, 0.5) is 0 Å². The fourth-order valence-corrected chi connectivity index (χ4v) is 2.94. The third-order valence-electron chi connectivity index (χ3n) is 4.21. The van der Waals surface area contributed by atoms with Crippen molar-refractivity contribution < 1.29 is 9.47 Å². The fraction of sp³-hybridized carbons (Fsp3) is 0.529. The van der Waals surface area contributed by atoms with Gasteiger partial charge in [-0.2, -0.15) is 0 Å². The molecule has 0 saturated carbocycles. The summed E-state index contributed by atoms with van der Waals surface area (Å²) in [5, 5.41) is 11.8. The number of morpholine rings is 1. The molecule has 0 amide bonds. The highest BCUT2D eigenvalue weighted by Gasteiger charge is 2.10. The van der Waals surface area contributed by atoms with Gasteiger partial charge in [-0.1, -0.05) is 22.9 Å². The first kappa shape index (κ1) is 18.1. The molecule has 8 heteroatoms. The highest BCUT2D eigenvalue weighted by atomic mass is 35.5. The summed E-state index contributed by atoms with van der Waals surface area (Å²) in [6.07, 6.45) is 1.76. The molecule has 1 aliphatic rings. The van der Waals surface area contributed by atoms with E-state index in [4.69, 9.17) is 21.1 Å². The molecule has 0 spiro atoms. The van der Waals surface area contributed by atoms with Gasteiger partial charge >= 0.3 is 0 Å². The minimum absolute atomic E-state index is 0.630. The molecule has 1 aromatic carbocycles. The molecule has 0 radical (unpaired) electrons. The Morgan fingerprint density at radius 1 is 1.28 bits per heavy atom. The standard InChI is InChI=1S/C17H24ClN5O2/c1-22-15(13-20-21-22)12-19-11-14-2-3-17(16(18)10-14)25-9-6-23-4-7-24-8-5-23/h2-3,10,13,19H,4-9,11-12H2,1H3. The smallest absolute Gasteiger partial charge is 0.137 e. The first-order valence-corrected chi connectivity index (χ1v) is 8.86.